The summed E-state index contributed by atoms with van der Waals surface area (Å²) in [6.45, 7) is 26.3. The van der Waals surface area contributed by atoms with E-state index in [-0.39, 0.29) is 25.5 Å². The predicted octanol–water partition coefficient (Wildman–Crippen LogP) is 5.78. The van der Waals surface area contributed by atoms with Crippen molar-refractivity contribution < 1.29 is 38.1 Å². The van der Waals surface area contributed by atoms with Gasteiger partial charge in [-0.15, -0.1) is 0 Å². The minimum atomic E-state index is -1.12. The van der Waals surface area contributed by atoms with Crippen molar-refractivity contribution in [3.8, 4) is 0 Å². The number of carbonyl (C=O) groups excluding carboxylic acids is 4. The monoisotopic (exact) mass is 586 g/mol. The van der Waals surface area contributed by atoms with Crippen molar-refractivity contribution in [2.24, 2.45) is 10.4 Å². The van der Waals surface area contributed by atoms with Crippen LogP contribution in [0, 0.1) is 5.41 Å². The van der Waals surface area contributed by atoms with Crippen LogP contribution >= 0.6 is 0 Å². The van der Waals surface area contributed by atoms with Gasteiger partial charge in [-0.05, 0) is 94.9 Å². The molecule has 0 unspecified atom stereocenters. The molecule has 0 saturated heterocycles. The molecule has 0 aromatic carbocycles. The van der Waals surface area contributed by atoms with Crippen LogP contribution in [0.2, 0.25) is 0 Å². The molecule has 41 heavy (non-hydrogen) atoms. The summed E-state index contributed by atoms with van der Waals surface area (Å²) in [7, 11) is 0. The number of rotatable bonds is 6. The fraction of sp³-hybridized carbons (Fsp3) is 0.828. The lowest BCUT2D eigenvalue weighted by atomic mass is 9.96. The largest absolute Gasteiger partial charge is 0.458 e. The fourth-order valence-electron chi connectivity index (χ4n) is 2.98. The van der Waals surface area contributed by atoms with E-state index < -0.39 is 58.1 Å². The number of ether oxygens (including phenoxy) is 4. The SMILES string of the molecule is CC(C)(C)CN(C(=O)OC(C)(C)C)C(=NCC[C@H](NC(=O)OC(C)(C)C)C(=O)OC(C)(C)C)NC(=O)OC(C)(C)C. The van der Waals surface area contributed by atoms with Gasteiger partial charge in [-0.2, -0.15) is 0 Å². The molecule has 0 heterocycles. The molecule has 0 fully saturated rings. The molecule has 0 radical (unpaired) electrons. The third-order valence-electron chi connectivity index (χ3n) is 4.18. The average molecular weight is 587 g/mol. The number of carbonyl (C=O) groups is 4. The van der Waals surface area contributed by atoms with Crippen LogP contribution in [0.3, 0.4) is 0 Å². The quantitative estimate of drug-likeness (QED) is 0.173. The molecular weight excluding hydrogens is 532 g/mol. The Labute approximate surface area is 246 Å². The number of hydrogen-bond acceptors (Lipinski definition) is 9. The second kappa shape index (κ2) is 14.2. The maximum atomic E-state index is 13.3. The smallest absolute Gasteiger partial charge is 0.417 e. The van der Waals surface area contributed by atoms with Crippen LogP contribution in [0.5, 0.6) is 0 Å². The van der Waals surface area contributed by atoms with Gasteiger partial charge < -0.3 is 24.3 Å². The molecule has 0 aliphatic rings. The van der Waals surface area contributed by atoms with E-state index in [9.17, 15) is 19.2 Å². The van der Waals surface area contributed by atoms with Crippen LogP contribution in [0.25, 0.3) is 0 Å². The van der Waals surface area contributed by atoms with Crippen molar-refractivity contribution in [3.63, 3.8) is 0 Å². The maximum Gasteiger partial charge on any atom is 0.417 e. The summed E-state index contributed by atoms with van der Waals surface area (Å²) in [5, 5.41) is 5.10. The van der Waals surface area contributed by atoms with E-state index in [1.807, 2.05) is 20.8 Å². The molecule has 0 aliphatic carbocycles. The first-order chi connectivity index (χ1) is 18.1. The molecule has 238 valence electrons. The van der Waals surface area contributed by atoms with Crippen LogP contribution < -0.4 is 10.6 Å². The fourth-order valence-corrected chi connectivity index (χ4v) is 2.98. The molecule has 0 bridgehead atoms. The first kappa shape index (κ1) is 38.0. The standard InChI is InChI=1S/C29H54N4O8/c1-25(2,3)18-33(24(37)41-29(13,14)15)21(32-23(36)40-28(10,11)12)30-17-16-19(20(34)38-26(4,5)6)31-22(35)39-27(7,8)9/h19H,16-18H2,1-15H3,(H,31,35)(H,30,32,36)/t19-/m0/s1. The molecule has 12 nitrogen and oxygen atoms in total. The van der Waals surface area contributed by atoms with Gasteiger partial charge in [0.1, 0.15) is 28.4 Å². The predicted molar refractivity (Wildman–Crippen MR) is 158 cm³/mol. The van der Waals surface area contributed by atoms with Crippen LogP contribution in [-0.4, -0.2) is 76.6 Å². The highest BCUT2D eigenvalue weighted by molar-refractivity contribution is 6.01. The third kappa shape index (κ3) is 19.6. The van der Waals surface area contributed by atoms with Crippen molar-refractivity contribution in [3.05, 3.63) is 0 Å². The lowest BCUT2D eigenvalue weighted by molar-refractivity contribution is -0.157. The zero-order valence-electron chi connectivity index (χ0n) is 27.9. The van der Waals surface area contributed by atoms with Crippen LogP contribution in [0.15, 0.2) is 4.99 Å². The number of esters is 1. The Hall–Kier alpha value is -3.05. The molecule has 0 rings (SSSR count). The number of aliphatic imine (C=N–C) groups is 1. The summed E-state index contributed by atoms with van der Waals surface area (Å²) >= 11 is 0. The summed E-state index contributed by atoms with van der Waals surface area (Å²) < 4.78 is 21.8. The van der Waals surface area contributed by atoms with E-state index in [2.05, 4.69) is 15.6 Å². The molecular formula is C29H54N4O8. The Morgan fingerprint density at radius 2 is 1.10 bits per heavy atom. The number of hydrogen-bond donors (Lipinski definition) is 2. The zero-order chi connectivity index (χ0) is 32.6. The second-order valence-electron chi connectivity index (χ2n) is 15.0. The molecule has 0 aliphatic heterocycles. The van der Waals surface area contributed by atoms with Crippen molar-refractivity contribution in [2.75, 3.05) is 13.1 Å². The molecule has 0 aromatic heterocycles. The van der Waals surface area contributed by atoms with Gasteiger partial charge in [-0.1, -0.05) is 20.8 Å². The summed E-state index contributed by atoms with van der Waals surface area (Å²) in [5.74, 6) is -0.803. The minimum absolute atomic E-state index is 0.0225. The third-order valence-corrected chi connectivity index (χ3v) is 4.18. The van der Waals surface area contributed by atoms with Crippen molar-refractivity contribution in [2.45, 2.75) is 139 Å². The number of nitrogens with zero attached hydrogens (tertiary/aromatic N) is 2. The topological polar surface area (TPSA) is 145 Å². The Kier molecular flexibility index (Phi) is 13.2. The number of nitrogens with one attached hydrogen (secondary N) is 2. The van der Waals surface area contributed by atoms with E-state index in [0.29, 0.717) is 0 Å². The van der Waals surface area contributed by atoms with Gasteiger partial charge in [0.25, 0.3) is 0 Å². The normalized spacial score (nSPS) is 14.0. The Morgan fingerprint density at radius 1 is 0.659 bits per heavy atom. The van der Waals surface area contributed by atoms with Gasteiger partial charge in [0.2, 0.25) is 5.96 Å². The first-order valence-corrected chi connectivity index (χ1v) is 13.8. The number of guanidine groups is 1. The van der Waals surface area contributed by atoms with Gasteiger partial charge in [-0.25, -0.2) is 24.1 Å². The number of amides is 3. The van der Waals surface area contributed by atoms with Gasteiger partial charge in [0, 0.05) is 13.1 Å². The van der Waals surface area contributed by atoms with E-state index >= 15 is 0 Å². The van der Waals surface area contributed by atoms with E-state index in [1.54, 1.807) is 83.1 Å². The van der Waals surface area contributed by atoms with Crippen molar-refractivity contribution >= 4 is 30.2 Å². The Morgan fingerprint density at radius 3 is 1.51 bits per heavy atom. The second-order valence-corrected chi connectivity index (χ2v) is 15.0. The summed E-state index contributed by atoms with van der Waals surface area (Å²) in [6.07, 6.45) is -2.37. The van der Waals surface area contributed by atoms with Gasteiger partial charge >= 0.3 is 24.2 Å². The summed E-state index contributed by atoms with van der Waals surface area (Å²) in [5.41, 5.74) is -3.63. The molecule has 1 atom stereocenters. The molecule has 3 amide bonds. The Bertz CT molecular complexity index is 942. The molecule has 12 heteroatoms. The molecule has 0 spiro atoms. The molecule has 0 saturated carbocycles. The number of alkyl carbamates (subject to hydrolysis) is 2. The lowest BCUT2D eigenvalue weighted by Gasteiger charge is -2.33. The van der Waals surface area contributed by atoms with E-state index in [0.717, 1.165) is 0 Å². The summed E-state index contributed by atoms with van der Waals surface area (Å²) in [6, 6.07) is -1.12. The van der Waals surface area contributed by atoms with Gasteiger partial charge in [0.05, 0.1) is 0 Å². The van der Waals surface area contributed by atoms with Crippen molar-refractivity contribution in [1.29, 1.82) is 0 Å². The molecule has 2 N–H and O–H groups in total. The average Bonchev–Trinajstić information content (AvgIpc) is 2.64. The Balaban J connectivity index is 6.37. The van der Waals surface area contributed by atoms with E-state index in [4.69, 9.17) is 18.9 Å². The van der Waals surface area contributed by atoms with Crippen LogP contribution in [-0.2, 0) is 23.7 Å². The van der Waals surface area contributed by atoms with Crippen LogP contribution in [0.1, 0.15) is 110 Å². The van der Waals surface area contributed by atoms with E-state index in [1.165, 1.54) is 4.90 Å². The highest BCUT2D eigenvalue weighted by Gasteiger charge is 2.33. The molecule has 0 aromatic rings. The highest BCUT2D eigenvalue weighted by Crippen LogP contribution is 2.19. The van der Waals surface area contributed by atoms with Gasteiger partial charge in [-0.3, -0.25) is 10.3 Å². The van der Waals surface area contributed by atoms with Gasteiger partial charge in [0.15, 0.2) is 0 Å². The minimum Gasteiger partial charge on any atom is -0.458 e. The first-order valence-electron chi connectivity index (χ1n) is 13.8. The lowest BCUT2D eigenvalue weighted by Crippen LogP contribution is -2.52. The van der Waals surface area contributed by atoms with Crippen LogP contribution in [0.4, 0.5) is 14.4 Å². The zero-order valence-corrected chi connectivity index (χ0v) is 27.9. The summed E-state index contributed by atoms with van der Waals surface area (Å²) in [4.78, 5) is 57.1. The van der Waals surface area contributed by atoms with Crippen molar-refractivity contribution in [1.82, 2.24) is 15.5 Å². The highest BCUT2D eigenvalue weighted by atomic mass is 16.6. The maximum absolute atomic E-state index is 13.3.